The molecule has 1 aromatic carbocycles. The molecule has 4 rings (SSSR count). The maximum absolute atomic E-state index is 12.9. The van der Waals surface area contributed by atoms with Crippen LogP contribution in [0.25, 0.3) is 5.69 Å². The van der Waals surface area contributed by atoms with E-state index in [1.165, 1.54) is 0 Å². The number of benzene rings is 1. The van der Waals surface area contributed by atoms with Crippen molar-refractivity contribution in [3.8, 4) is 11.4 Å². The molecular formula is C22H27N5O4. The Bertz CT molecular complexity index is 1040. The van der Waals surface area contributed by atoms with Gasteiger partial charge in [0, 0.05) is 25.7 Å². The van der Waals surface area contributed by atoms with Crippen molar-refractivity contribution in [1.29, 1.82) is 0 Å². The van der Waals surface area contributed by atoms with Crippen molar-refractivity contribution < 1.29 is 18.7 Å². The third-order valence-electron chi connectivity index (χ3n) is 5.44. The third-order valence-corrected chi connectivity index (χ3v) is 5.44. The number of aryl methyl sites for hydroxylation is 1. The van der Waals surface area contributed by atoms with E-state index in [2.05, 4.69) is 20.5 Å². The van der Waals surface area contributed by atoms with Crippen LogP contribution >= 0.6 is 0 Å². The molecule has 1 aliphatic heterocycles. The zero-order valence-corrected chi connectivity index (χ0v) is 18.0. The summed E-state index contributed by atoms with van der Waals surface area (Å²) in [6, 6.07) is 11.3. The Morgan fingerprint density at radius 1 is 1.23 bits per heavy atom. The lowest BCUT2D eigenvalue weighted by Gasteiger charge is -2.33. The summed E-state index contributed by atoms with van der Waals surface area (Å²) in [5, 5.41) is 11.3. The molecule has 1 saturated heterocycles. The standard InChI is InChI=1S/C22H27N5O4/c1-15-7-8-20(31-15)19(26-9-11-30-12-10-26)14-23-22(28)21-16(2)27(25-24-21)17-5-4-6-18(13-17)29-3/h4-8,13,19H,9-12,14H2,1-3H3,(H,23,28). The van der Waals surface area contributed by atoms with Crippen LogP contribution in [0.5, 0.6) is 5.75 Å². The maximum Gasteiger partial charge on any atom is 0.273 e. The van der Waals surface area contributed by atoms with Crippen LogP contribution in [0.15, 0.2) is 40.8 Å². The van der Waals surface area contributed by atoms with E-state index in [-0.39, 0.29) is 11.9 Å². The monoisotopic (exact) mass is 425 g/mol. The molecule has 1 amide bonds. The van der Waals surface area contributed by atoms with E-state index < -0.39 is 0 Å². The summed E-state index contributed by atoms with van der Waals surface area (Å²) in [6.45, 7) is 7.03. The first-order valence-corrected chi connectivity index (χ1v) is 10.3. The van der Waals surface area contributed by atoms with Gasteiger partial charge in [0.25, 0.3) is 5.91 Å². The molecule has 3 heterocycles. The predicted octanol–water partition coefficient (Wildman–Crippen LogP) is 2.29. The largest absolute Gasteiger partial charge is 0.497 e. The Labute approximate surface area is 180 Å². The second-order valence-electron chi connectivity index (χ2n) is 7.46. The minimum atomic E-state index is -0.270. The Balaban J connectivity index is 1.50. The Hall–Kier alpha value is -3.17. The topological polar surface area (TPSA) is 94.6 Å². The minimum absolute atomic E-state index is 0.0738. The molecule has 1 aliphatic rings. The quantitative estimate of drug-likeness (QED) is 0.621. The highest BCUT2D eigenvalue weighted by Gasteiger charge is 2.27. The summed E-state index contributed by atoms with van der Waals surface area (Å²) in [5.74, 6) is 2.11. The van der Waals surface area contributed by atoms with E-state index in [1.807, 2.05) is 50.2 Å². The number of rotatable bonds is 7. The van der Waals surface area contributed by atoms with Crippen LogP contribution in [0.1, 0.15) is 33.7 Å². The van der Waals surface area contributed by atoms with Gasteiger partial charge in [-0.15, -0.1) is 5.10 Å². The third kappa shape index (κ3) is 4.62. The lowest BCUT2D eigenvalue weighted by molar-refractivity contribution is 0.0117. The van der Waals surface area contributed by atoms with Gasteiger partial charge in [0.05, 0.1) is 37.7 Å². The highest BCUT2D eigenvalue weighted by atomic mass is 16.5. The van der Waals surface area contributed by atoms with Gasteiger partial charge in [0.15, 0.2) is 5.69 Å². The van der Waals surface area contributed by atoms with E-state index in [1.54, 1.807) is 11.8 Å². The van der Waals surface area contributed by atoms with Crippen molar-refractivity contribution in [3.05, 3.63) is 59.3 Å². The summed E-state index contributed by atoms with van der Waals surface area (Å²) in [7, 11) is 1.61. The molecule has 0 spiro atoms. The maximum atomic E-state index is 12.9. The molecule has 9 nitrogen and oxygen atoms in total. The molecule has 9 heteroatoms. The zero-order valence-electron chi connectivity index (χ0n) is 18.0. The highest BCUT2D eigenvalue weighted by molar-refractivity contribution is 5.93. The molecule has 31 heavy (non-hydrogen) atoms. The van der Waals surface area contributed by atoms with Crippen molar-refractivity contribution in [2.75, 3.05) is 40.0 Å². The smallest absolute Gasteiger partial charge is 0.273 e. The minimum Gasteiger partial charge on any atom is -0.497 e. The fourth-order valence-corrected chi connectivity index (χ4v) is 3.73. The summed E-state index contributed by atoms with van der Waals surface area (Å²) in [5.41, 5.74) is 1.72. The number of carbonyl (C=O) groups excluding carboxylic acids is 1. The first-order chi connectivity index (χ1) is 15.1. The second kappa shape index (κ2) is 9.32. The van der Waals surface area contributed by atoms with Crippen molar-refractivity contribution in [2.24, 2.45) is 0 Å². The number of nitrogens with zero attached hydrogens (tertiary/aromatic N) is 4. The molecule has 1 atom stereocenters. The van der Waals surface area contributed by atoms with Gasteiger partial charge in [-0.3, -0.25) is 9.69 Å². The molecule has 2 aromatic heterocycles. The number of aromatic nitrogens is 3. The Kier molecular flexibility index (Phi) is 6.34. The number of hydrogen-bond acceptors (Lipinski definition) is 7. The normalized spacial score (nSPS) is 15.6. The fourth-order valence-electron chi connectivity index (χ4n) is 3.73. The molecule has 164 valence electrons. The number of carbonyl (C=O) groups is 1. The first kappa shape index (κ1) is 21.1. The lowest BCUT2D eigenvalue weighted by Crippen LogP contribution is -2.43. The van der Waals surface area contributed by atoms with E-state index >= 15 is 0 Å². The predicted molar refractivity (Wildman–Crippen MR) is 114 cm³/mol. The summed E-state index contributed by atoms with van der Waals surface area (Å²) >= 11 is 0. The zero-order chi connectivity index (χ0) is 21.8. The van der Waals surface area contributed by atoms with Gasteiger partial charge in [0.2, 0.25) is 0 Å². The van der Waals surface area contributed by atoms with Crippen molar-refractivity contribution in [3.63, 3.8) is 0 Å². The lowest BCUT2D eigenvalue weighted by atomic mass is 10.1. The molecule has 1 N–H and O–H groups in total. The van der Waals surface area contributed by atoms with Gasteiger partial charge in [-0.1, -0.05) is 11.3 Å². The van der Waals surface area contributed by atoms with Crippen molar-refractivity contribution in [1.82, 2.24) is 25.2 Å². The van der Waals surface area contributed by atoms with Crippen LogP contribution in [-0.4, -0.2) is 65.8 Å². The number of furan rings is 1. The second-order valence-corrected chi connectivity index (χ2v) is 7.46. The molecule has 3 aromatic rings. The van der Waals surface area contributed by atoms with E-state index in [0.29, 0.717) is 36.9 Å². The molecule has 1 fully saturated rings. The molecular weight excluding hydrogens is 398 g/mol. The molecule has 1 unspecified atom stereocenters. The van der Waals surface area contributed by atoms with Crippen LogP contribution in [0.4, 0.5) is 0 Å². The van der Waals surface area contributed by atoms with Gasteiger partial charge in [0.1, 0.15) is 17.3 Å². The number of nitrogens with one attached hydrogen (secondary N) is 1. The van der Waals surface area contributed by atoms with Crippen LogP contribution < -0.4 is 10.1 Å². The van der Waals surface area contributed by atoms with Gasteiger partial charge in [-0.25, -0.2) is 4.68 Å². The Morgan fingerprint density at radius 3 is 2.74 bits per heavy atom. The van der Waals surface area contributed by atoms with Crippen molar-refractivity contribution in [2.45, 2.75) is 19.9 Å². The highest BCUT2D eigenvalue weighted by Crippen LogP contribution is 2.24. The van der Waals surface area contributed by atoms with E-state index in [9.17, 15) is 4.79 Å². The van der Waals surface area contributed by atoms with E-state index in [4.69, 9.17) is 13.9 Å². The number of methoxy groups -OCH3 is 1. The molecule has 0 radical (unpaired) electrons. The average molecular weight is 425 g/mol. The SMILES string of the molecule is COc1cccc(-n2nnc(C(=O)NCC(c3ccc(C)o3)N3CCOCC3)c2C)c1. The Morgan fingerprint density at radius 2 is 2.03 bits per heavy atom. The van der Waals surface area contributed by atoms with Crippen LogP contribution in [-0.2, 0) is 4.74 Å². The average Bonchev–Trinajstić information content (AvgIpc) is 3.40. The van der Waals surface area contributed by atoms with Crippen LogP contribution in [0.3, 0.4) is 0 Å². The summed E-state index contributed by atoms with van der Waals surface area (Å²) < 4.78 is 18.2. The number of morpholine rings is 1. The number of hydrogen-bond donors (Lipinski definition) is 1. The van der Waals surface area contributed by atoms with E-state index in [0.717, 1.165) is 30.3 Å². The first-order valence-electron chi connectivity index (χ1n) is 10.3. The molecule has 0 aliphatic carbocycles. The molecule has 0 saturated carbocycles. The van der Waals surface area contributed by atoms with Gasteiger partial charge in [-0.05, 0) is 38.1 Å². The van der Waals surface area contributed by atoms with Crippen LogP contribution in [0, 0.1) is 13.8 Å². The van der Waals surface area contributed by atoms with Gasteiger partial charge >= 0.3 is 0 Å². The molecule has 0 bridgehead atoms. The number of amides is 1. The van der Waals surface area contributed by atoms with Crippen LogP contribution in [0.2, 0.25) is 0 Å². The number of ether oxygens (including phenoxy) is 2. The van der Waals surface area contributed by atoms with Gasteiger partial charge in [-0.2, -0.15) is 0 Å². The van der Waals surface area contributed by atoms with Crippen molar-refractivity contribution >= 4 is 5.91 Å². The summed E-state index contributed by atoms with van der Waals surface area (Å²) in [6.07, 6.45) is 0. The van der Waals surface area contributed by atoms with Gasteiger partial charge < -0.3 is 19.2 Å². The fraction of sp³-hybridized carbons (Fsp3) is 0.409. The summed E-state index contributed by atoms with van der Waals surface area (Å²) in [4.78, 5) is 15.2.